The molecule has 0 saturated carbocycles. The van der Waals surface area contributed by atoms with Gasteiger partial charge >= 0.3 is 5.97 Å². The Labute approximate surface area is 264 Å². The fourth-order valence-electron chi connectivity index (χ4n) is 6.46. The lowest BCUT2D eigenvalue weighted by Crippen LogP contribution is -2.44. The maximum Gasteiger partial charge on any atom is 0.309 e. The van der Waals surface area contributed by atoms with E-state index in [0.29, 0.717) is 0 Å². The lowest BCUT2D eigenvalue weighted by atomic mass is 9.58. The maximum atomic E-state index is 12.7. The van der Waals surface area contributed by atoms with Crippen LogP contribution < -0.4 is 0 Å². The molecule has 0 unspecified atom stereocenters. The molecule has 0 aromatic rings. The van der Waals surface area contributed by atoms with Crippen LogP contribution in [0.1, 0.15) is 202 Å². The SMILES string of the molecule is CCC=CCC=CCC=CCCCCCC(CCCCCCCCCC)(CCCCCCCCCC)C(C)(C)C(=O)O. The Bertz CT molecular complexity index is 664. The zero-order valence-electron chi connectivity index (χ0n) is 29.2. The van der Waals surface area contributed by atoms with E-state index in [9.17, 15) is 9.90 Å². The number of hydrogen-bond donors (Lipinski definition) is 1. The van der Waals surface area contributed by atoms with Gasteiger partial charge in [0.05, 0.1) is 5.41 Å². The molecular formula is C40H74O2. The summed E-state index contributed by atoms with van der Waals surface area (Å²) in [6, 6.07) is 0. The van der Waals surface area contributed by atoms with Crippen LogP contribution in [-0.2, 0) is 4.79 Å². The predicted octanol–water partition coefficient (Wildman–Crippen LogP) is 14.0. The normalized spacial score (nSPS) is 12.9. The van der Waals surface area contributed by atoms with Gasteiger partial charge in [-0.2, -0.15) is 0 Å². The molecule has 42 heavy (non-hydrogen) atoms. The molecule has 0 aliphatic rings. The van der Waals surface area contributed by atoms with Crippen molar-refractivity contribution in [1.29, 1.82) is 0 Å². The fraction of sp³-hybridized carbons (Fsp3) is 0.825. The second kappa shape index (κ2) is 28.5. The molecule has 0 radical (unpaired) electrons. The third-order valence-electron chi connectivity index (χ3n) is 9.68. The first-order chi connectivity index (χ1) is 20.4. The molecule has 0 aliphatic carbocycles. The number of aliphatic carboxylic acids is 1. The van der Waals surface area contributed by atoms with E-state index in [-0.39, 0.29) is 5.41 Å². The van der Waals surface area contributed by atoms with Crippen molar-refractivity contribution in [2.45, 2.75) is 202 Å². The molecule has 2 nitrogen and oxygen atoms in total. The van der Waals surface area contributed by atoms with E-state index in [2.05, 4.69) is 57.2 Å². The zero-order chi connectivity index (χ0) is 31.2. The Balaban J connectivity index is 4.95. The summed E-state index contributed by atoms with van der Waals surface area (Å²) in [5.74, 6) is -0.595. The first-order valence-electron chi connectivity index (χ1n) is 18.6. The van der Waals surface area contributed by atoms with Crippen LogP contribution in [0.15, 0.2) is 36.5 Å². The van der Waals surface area contributed by atoms with Crippen molar-refractivity contribution >= 4 is 5.97 Å². The second-order valence-electron chi connectivity index (χ2n) is 13.6. The molecule has 0 rings (SSSR count). The molecule has 2 heteroatoms. The molecule has 0 aliphatic heterocycles. The van der Waals surface area contributed by atoms with Crippen LogP contribution in [0.5, 0.6) is 0 Å². The number of allylic oxidation sites excluding steroid dienone is 6. The highest BCUT2D eigenvalue weighted by Crippen LogP contribution is 2.51. The Morgan fingerprint density at radius 3 is 1.26 bits per heavy atom. The molecule has 1 N–H and O–H groups in total. The van der Waals surface area contributed by atoms with E-state index < -0.39 is 11.4 Å². The summed E-state index contributed by atoms with van der Waals surface area (Å²) in [6.45, 7) is 10.8. The molecule has 0 saturated heterocycles. The Kier molecular flexibility index (Phi) is 27.6. The third-order valence-corrected chi connectivity index (χ3v) is 9.68. The number of unbranched alkanes of at least 4 members (excludes halogenated alkanes) is 17. The molecule has 0 atom stereocenters. The van der Waals surface area contributed by atoms with Crippen molar-refractivity contribution in [3.63, 3.8) is 0 Å². The minimum Gasteiger partial charge on any atom is -0.481 e. The second-order valence-corrected chi connectivity index (χ2v) is 13.6. The Morgan fingerprint density at radius 2 is 0.857 bits per heavy atom. The first kappa shape index (κ1) is 40.7. The number of rotatable bonds is 31. The van der Waals surface area contributed by atoms with Crippen LogP contribution in [0.25, 0.3) is 0 Å². The van der Waals surface area contributed by atoms with Crippen LogP contribution in [0.2, 0.25) is 0 Å². The summed E-state index contributed by atoms with van der Waals surface area (Å²) in [5.41, 5.74) is -0.760. The van der Waals surface area contributed by atoms with E-state index in [4.69, 9.17) is 0 Å². The average Bonchev–Trinajstić information content (AvgIpc) is 2.97. The van der Waals surface area contributed by atoms with Gasteiger partial charge in [-0.25, -0.2) is 0 Å². The standard InChI is InChI=1S/C40H74O2/c1-6-9-12-15-18-21-22-23-24-25-28-31-34-37-40(39(4,5)38(41)42,35-32-29-26-19-16-13-10-7-2)36-33-30-27-20-17-14-11-8-3/h9,12,18,21,23-24H,6-8,10-11,13-17,19-20,22,25-37H2,1-5H3,(H,41,42). The van der Waals surface area contributed by atoms with Crippen molar-refractivity contribution in [3.8, 4) is 0 Å². The van der Waals surface area contributed by atoms with Gasteiger partial charge in [-0.1, -0.05) is 173 Å². The maximum absolute atomic E-state index is 12.7. The average molecular weight is 587 g/mol. The van der Waals surface area contributed by atoms with Crippen molar-refractivity contribution < 1.29 is 9.90 Å². The minimum atomic E-state index is -0.673. The minimum absolute atomic E-state index is 0.0872. The van der Waals surface area contributed by atoms with Gasteiger partial charge in [-0.3, -0.25) is 4.79 Å². The topological polar surface area (TPSA) is 37.3 Å². The van der Waals surface area contributed by atoms with Crippen LogP contribution in [-0.4, -0.2) is 11.1 Å². The lowest BCUT2D eigenvalue weighted by molar-refractivity contribution is -0.157. The molecule has 0 spiro atoms. The van der Waals surface area contributed by atoms with Gasteiger partial charge in [0.25, 0.3) is 0 Å². The van der Waals surface area contributed by atoms with Gasteiger partial charge < -0.3 is 5.11 Å². The summed E-state index contributed by atoms with van der Waals surface area (Å²) < 4.78 is 0. The first-order valence-corrected chi connectivity index (χ1v) is 18.6. The summed E-state index contributed by atoms with van der Waals surface area (Å²) in [6.07, 6.45) is 45.6. The van der Waals surface area contributed by atoms with Crippen molar-refractivity contribution in [1.82, 2.24) is 0 Å². The van der Waals surface area contributed by atoms with Crippen LogP contribution in [0, 0.1) is 10.8 Å². The highest BCUT2D eigenvalue weighted by atomic mass is 16.4. The van der Waals surface area contributed by atoms with Crippen LogP contribution in [0.4, 0.5) is 0 Å². The highest BCUT2D eigenvalue weighted by Gasteiger charge is 2.48. The molecule has 0 aromatic heterocycles. The molecule has 246 valence electrons. The van der Waals surface area contributed by atoms with E-state index in [1.165, 1.54) is 116 Å². The largest absolute Gasteiger partial charge is 0.481 e. The lowest BCUT2D eigenvalue weighted by Gasteiger charge is -2.45. The third kappa shape index (κ3) is 20.6. The molecular weight excluding hydrogens is 512 g/mol. The predicted molar refractivity (Wildman–Crippen MR) is 188 cm³/mol. The fourth-order valence-corrected chi connectivity index (χ4v) is 6.46. The van der Waals surface area contributed by atoms with Crippen molar-refractivity contribution in [2.75, 3.05) is 0 Å². The van der Waals surface area contributed by atoms with E-state index >= 15 is 0 Å². The number of carbonyl (C=O) groups is 1. The van der Waals surface area contributed by atoms with Gasteiger partial charge in [-0.05, 0) is 70.6 Å². The van der Waals surface area contributed by atoms with Gasteiger partial charge in [0.1, 0.15) is 0 Å². The smallest absolute Gasteiger partial charge is 0.309 e. The van der Waals surface area contributed by atoms with Gasteiger partial charge in [0, 0.05) is 0 Å². The molecule has 0 fully saturated rings. The summed E-state index contributed by atoms with van der Waals surface area (Å²) >= 11 is 0. The van der Waals surface area contributed by atoms with Crippen molar-refractivity contribution in [3.05, 3.63) is 36.5 Å². The molecule has 0 amide bonds. The van der Waals surface area contributed by atoms with E-state index in [1.807, 2.05) is 13.8 Å². The summed E-state index contributed by atoms with van der Waals surface area (Å²) in [5, 5.41) is 10.4. The molecule has 0 aromatic carbocycles. The molecule has 0 bridgehead atoms. The van der Waals surface area contributed by atoms with Crippen LogP contribution >= 0.6 is 0 Å². The quantitative estimate of drug-likeness (QED) is 0.0648. The van der Waals surface area contributed by atoms with E-state index in [0.717, 1.165) is 51.4 Å². The highest BCUT2D eigenvalue weighted by molar-refractivity contribution is 5.74. The van der Waals surface area contributed by atoms with E-state index in [1.54, 1.807) is 0 Å². The number of hydrogen-bond acceptors (Lipinski definition) is 1. The monoisotopic (exact) mass is 587 g/mol. The number of carboxylic acids is 1. The Morgan fingerprint density at radius 1 is 0.500 bits per heavy atom. The van der Waals surface area contributed by atoms with Gasteiger partial charge in [0.2, 0.25) is 0 Å². The zero-order valence-corrected chi connectivity index (χ0v) is 29.2. The number of carboxylic acid groups (broad SMARTS) is 1. The molecule has 0 heterocycles. The van der Waals surface area contributed by atoms with Crippen molar-refractivity contribution in [2.24, 2.45) is 10.8 Å². The summed E-state index contributed by atoms with van der Waals surface area (Å²) in [7, 11) is 0. The van der Waals surface area contributed by atoms with Gasteiger partial charge in [0.15, 0.2) is 0 Å². The van der Waals surface area contributed by atoms with Crippen LogP contribution in [0.3, 0.4) is 0 Å². The van der Waals surface area contributed by atoms with Gasteiger partial charge in [-0.15, -0.1) is 0 Å². The summed E-state index contributed by atoms with van der Waals surface area (Å²) in [4.78, 5) is 12.7. The Hall–Kier alpha value is -1.31.